The number of anilines is 1. The average Bonchev–Trinajstić information content (AvgIpc) is 3.33. The third-order valence-electron chi connectivity index (χ3n) is 7.24. The molecule has 0 aliphatic carbocycles. The van der Waals surface area contributed by atoms with Crippen LogP contribution in [0.25, 0.3) is 10.9 Å². The van der Waals surface area contributed by atoms with Crippen LogP contribution in [0.2, 0.25) is 0 Å². The number of hydrogen-bond donors (Lipinski definition) is 2. The van der Waals surface area contributed by atoms with E-state index in [9.17, 15) is 31.5 Å². The zero-order chi connectivity index (χ0) is 29.4. The molecule has 3 aromatic carbocycles. The van der Waals surface area contributed by atoms with E-state index < -0.39 is 29.5 Å². The maximum Gasteiger partial charge on any atom is 0.416 e. The summed E-state index contributed by atoms with van der Waals surface area (Å²) >= 11 is 0. The van der Waals surface area contributed by atoms with Crippen LogP contribution in [0.3, 0.4) is 0 Å². The monoisotopic (exact) mass is 571 g/mol. The van der Waals surface area contributed by atoms with Crippen molar-refractivity contribution < 1.29 is 36.6 Å². The third kappa shape index (κ3) is 6.34. The number of amides is 1. The molecule has 1 aromatic heterocycles. The fourth-order valence-corrected chi connectivity index (χ4v) is 4.95. The van der Waals surface area contributed by atoms with Gasteiger partial charge in [0.25, 0.3) is 11.8 Å². The van der Waals surface area contributed by atoms with Crippen LogP contribution in [0.1, 0.15) is 50.2 Å². The summed E-state index contributed by atoms with van der Waals surface area (Å²) in [5.74, 6) is -4.24. The van der Waals surface area contributed by atoms with E-state index in [1.165, 1.54) is 24.3 Å². The van der Waals surface area contributed by atoms with E-state index in [1.54, 1.807) is 35.0 Å². The van der Waals surface area contributed by atoms with Crippen molar-refractivity contribution in [1.82, 2.24) is 9.88 Å². The number of carbonyl (C=O) groups is 2. The van der Waals surface area contributed by atoms with Crippen LogP contribution in [-0.4, -0.2) is 40.6 Å². The van der Waals surface area contributed by atoms with Crippen molar-refractivity contribution >= 4 is 28.5 Å². The van der Waals surface area contributed by atoms with Crippen molar-refractivity contribution in [2.75, 3.05) is 18.0 Å². The molecule has 11 heteroatoms. The number of carbonyl (C=O) groups excluding carboxylic acids is 1. The average molecular weight is 572 g/mol. The first-order valence-electron chi connectivity index (χ1n) is 12.9. The molecule has 2 N–H and O–H groups in total. The maximum absolute atomic E-state index is 13.8. The predicted octanol–water partition coefficient (Wildman–Crippen LogP) is 6.57. The van der Waals surface area contributed by atoms with Gasteiger partial charge in [-0.3, -0.25) is 4.79 Å². The number of hydrogen-bond acceptors (Lipinski definition) is 3. The lowest BCUT2D eigenvalue weighted by molar-refractivity contribution is -0.137. The minimum atomic E-state index is -4.45. The molecule has 4 aromatic rings. The largest absolute Gasteiger partial charge is 0.478 e. The third-order valence-corrected chi connectivity index (χ3v) is 7.24. The van der Waals surface area contributed by atoms with Gasteiger partial charge in [0.2, 0.25) is 0 Å². The smallest absolute Gasteiger partial charge is 0.416 e. The quantitative estimate of drug-likeness (QED) is 0.246. The first kappa shape index (κ1) is 28.1. The maximum atomic E-state index is 13.8. The molecule has 5 rings (SSSR count). The normalized spacial score (nSPS) is 15.2. The van der Waals surface area contributed by atoms with E-state index in [4.69, 9.17) is 5.11 Å². The second kappa shape index (κ2) is 10.9. The van der Waals surface area contributed by atoms with Gasteiger partial charge in [0.05, 0.1) is 22.2 Å². The number of halogens is 5. The lowest BCUT2D eigenvalue weighted by Gasteiger charge is -2.33. The molecule has 0 saturated carbocycles. The minimum Gasteiger partial charge on any atom is -0.478 e. The number of piperidine rings is 1. The van der Waals surface area contributed by atoms with Gasteiger partial charge in [0.1, 0.15) is 0 Å². The summed E-state index contributed by atoms with van der Waals surface area (Å²) in [5.41, 5.74) is 2.09. The highest BCUT2D eigenvalue weighted by molar-refractivity contribution is 6.07. The Balaban J connectivity index is 1.46. The number of nitrogens with zero attached hydrogens (tertiary/aromatic N) is 2. The number of nitrogens with one attached hydrogen (secondary N) is 1. The molecule has 1 amide bonds. The van der Waals surface area contributed by atoms with Crippen molar-refractivity contribution in [2.24, 2.45) is 0 Å². The van der Waals surface area contributed by atoms with Gasteiger partial charge in [-0.25, -0.2) is 13.6 Å². The number of aromatic nitrogens is 1. The highest BCUT2D eigenvalue weighted by atomic mass is 19.4. The molecule has 1 saturated heterocycles. The highest BCUT2D eigenvalue weighted by Gasteiger charge is 2.34. The van der Waals surface area contributed by atoms with Gasteiger partial charge in [-0.1, -0.05) is 24.3 Å². The Hall–Kier alpha value is -4.41. The summed E-state index contributed by atoms with van der Waals surface area (Å²) in [6, 6.07) is 16.1. The van der Waals surface area contributed by atoms with Gasteiger partial charge in [-0.05, 0) is 53.6 Å². The Morgan fingerprint density at radius 1 is 0.902 bits per heavy atom. The Kier molecular flexibility index (Phi) is 7.46. The fourth-order valence-electron chi connectivity index (χ4n) is 4.95. The van der Waals surface area contributed by atoms with Crippen molar-refractivity contribution in [3.05, 3.63) is 101 Å². The summed E-state index contributed by atoms with van der Waals surface area (Å²) < 4.78 is 68.4. The van der Waals surface area contributed by atoms with Crippen LogP contribution in [-0.2, 0) is 19.3 Å². The van der Waals surface area contributed by atoms with Gasteiger partial charge < -0.3 is 19.9 Å². The van der Waals surface area contributed by atoms with Crippen LogP contribution in [0, 0.1) is 0 Å². The molecule has 6 nitrogen and oxygen atoms in total. The number of rotatable bonds is 7. The van der Waals surface area contributed by atoms with Gasteiger partial charge >= 0.3 is 12.1 Å². The van der Waals surface area contributed by atoms with E-state index >= 15 is 0 Å². The molecule has 1 aliphatic heterocycles. The van der Waals surface area contributed by atoms with Crippen molar-refractivity contribution in [2.45, 2.75) is 38.0 Å². The second-order valence-corrected chi connectivity index (χ2v) is 10.1. The van der Waals surface area contributed by atoms with Crippen LogP contribution in [0.4, 0.5) is 27.6 Å². The molecule has 0 radical (unpaired) electrons. The van der Waals surface area contributed by atoms with Gasteiger partial charge in [0.15, 0.2) is 0 Å². The van der Waals surface area contributed by atoms with Crippen LogP contribution in [0.5, 0.6) is 0 Å². The van der Waals surface area contributed by atoms with Crippen molar-refractivity contribution in [3.63, 3.8) is 0 Å². The van der Waals surface area contributed by atoms with E-state index in [2.05, 4.69) is 5.32 Å². The van der Waals surface area contributed by atoms with Crippen molar-refractivity contribution in [1.29, 1.82) is 0 Å². The molecule has 214 valence electrons. The molecule has 0 unspecified atom stereocenters. The zero-order valence-corrected chi connectivity index (χ0v) is 21.7. The predicted molar refractivity (Wildman–Crippen MR) is 143 cm³/mol. The SMILES string of the molecule is O=C(O)c1ccc(CNC(=O)c2cc(N3CCC(F)(F)CC3)cc3ccn(Cc4ccc(C(F)(F)F)cc4)c23)cc1. The molecular weight excluding hydrogens is 545 g/mol. The van der Waals surface area contributed by atoms with E-state index in [0.29, 0.717) is 27.7 Å². The molecule has 1 fully saturated rings. The first-order chi connectivity index (χ1) is 19.4. The number of fused-ring (bicyclic) bond motifs is 1. The zero-order valence-electron chi connectivity index (χ0n) is 21.7. The topological polar surface area (TPSA) is 74.6 Å². The first-order valence-corrected chi connectivity index (χ1v) is 12.9. The van der Waals surface area contributed by atoms with E-state index in [-0.39, 0.29) is 50.1 Å². The van der Waals surface area contributed by atoms with E-state index in [1.807, 2.05) is 11.0 Å². The number of aromatic carboxylic acids is 1. The fraction of sp³-hybridized carbons (Fsp3) is 0.267. The Labute approximate surface area is 232 Å². The van der Waals surface area contributed by atoms with Crippen LogP contribution >= 0.6 is 0 Å². The standard InChI is InChI=1S/C30H26F5N3O3/c31-29(32)10-13-37(14-11-29)24-15-22-9-12-38(18-20-3-7-23(8-4-20)30(33,34)35)26(22)25(16-24)27(39)36-17-19-1-5-21(6-2-19)28(40)41/h1-9,12,15-16H,10-11,13-14,17-18H2,(H,36,39)(H,40,41). The number of alkyl halides is 5. The number of benzene rings is 3. The van der Waals surface area contributed by atoms with Gasteiger partial charge in [-0.15, -0.1) is 0 Å². The summed E-state index contributed by atoms with van der Waals surface area (Å²) in [6.45, 7) is 0.567. The summed E-state index contributed by atoms with van der Waals surface area (Å²) in [6.07, 6.45) is -3.31. The van der Waals surface area contributed by atoms with Gasteiger partial charge in [-0.2, -0.15) is 13.2 Å². The Morgan fingerprint density at radius 2 is 1.54 bits per heavy atom. The minimum absolute atomic E-state index is 0.111. The summed E-state index contributed by atoms with van der Waals surface area (Å²) in [7, 11) is 0. The molecule has 0 spiro atoms. The molecule has 2 heterocycles. The second-order valence-electron chi connectivity index (χ2n) is 10.1. The van der Waals surface area contributed by atoms with Crippen LogP contribution < -0.4 is 10.2 Å². The van der Waals surface area contributed by atoms with Crippen molar-refractivity contribution in [3.8, 4) is 0 Å². The summed E-state index contributed by atoms with van der Waals surface area (Å²) in [5, 5.41) is 12.6. The lowest BCUT2D eigenvalue weighted by Crippen LogP contribution is -2.39. The lowest BCUT2D eigenvalue weighted by atomic mass is 10.0. The number of carboxylic acid groups (broad SMARTS) is 1. The Bertz CT molecular complexity index is 1570. The van der Waals surface area contributed by atoms with Crippen LogP contribution in [0.15, 0.2) is 72.9 Å². The molecule has 0 bridgehead atoms. The van der Waals surface area contributed by atoms with Gasteiger partial charge in [0, 0.05) is 56.3 Å². The molecular formula is C30H26F5N3O3. The number of carboxylic acids is 1. The molecule has 0 atom stereocenters. The highest BCUT2D eigenvalue weighted by Crippen LogP contribution is 2.34. The Morgan fingerprint density at radius 3 is 2.15 bits per heavy atom. The van der Waals surface area contributed by atoms with E-state index in [0.717, 1.165) is 12.1 Å². The molecule has 41 heavy (non-hydrogen) atoms. The summed E-state index contributed by atoms with van der Waals surface area (Å²) in [4.78, 5) is 26.4. The molecule has 1 aliphatic rings.